The minimum Gasteiger partial charge on any atom is -0.544 e. The van der Waals surface area contributed by atoms with Crippen LogP contribution in [0.1, 0.15) is 5.56 Å². The summed E-state index contributed by atoms with van der Waals surface area (Å²) in [5.74, 6) is -1.43. The second-order valence-electron chi connectivity index (χ2n) is 3.27. The van der Waals surface area contributed by atoms with Gasteiger partial charge in [-0.05, 0) is 6.07 Å². The van der Waals surface area contributed by atoms with Crippen LogP contribution in [0.4, 0.5) is 4.39 Å². The van der Waals surface area contributed by atoms with Gasteiger partial charge >= 0.3 is 0 Å². The van der Waals surface area contributed by atoms with Crippen LogP contribution in [0.3, 0.4) is 0 Å². The van der Waals surface area contributed by atoms with E-state index in [4.69, 9.17) is 0 Å². The molecule has 0 aliphatic carbocycles. The fourth-order valence-electron chi connectivity index (χ4n) is 1.28. The molecule has 14 heavy (non-hydrogen) atoms. The van der Waals surface area contributed by atoms with E-state index in [9.17, 15) is 14.3 Å². The molecule has 0 fully saturated rings. The van der Waals surface area contributed by atoms with E-state index in [0.29, 0.717) is 17.0 Å². The Kier molecular flexibility index (Phi) is 3.59. The summed E-state index contributed by atoms with van der Waals surface area (Å²) < 4.78 is 13.1. The molecule has 4 heteroatoms. The predicted molar refractivity (Wildman–Crippen MR) is 46.9 cm³/mol. The summed E-state index contributed by atoms with van der Waals surface area (Å²) in [6.45, 7) is 0.231. The summed E-state index contributed by atoms with van der Waals surface area (Å²) >= 11 is 0. The highest BCUT2D eigenvalue weighted by molar-refractivity contribution is 5.65. The number of aliphatic carboxylic acids is 1. The van der Waals surface area contributed by atoms with Crippen molar-refractivity contribution in [1.29, 1.82) is 0 Å². The van der Waals surface area contributed by atoms with E-state index in [0.717, 1.165) is 0 Å². The molecule has 3 nitrogen and oxygen atoms in total. The third kappa shape index (κ3) is 3.14. The number of benzene rings is 1. The Balaban J connectivity index is 2.60. The third-order valence-electron chi connectivity index (χ3n) is 1.90. The fraction of sp³-hybridized carbons (Fsp3) is 0.300. The summed E-state index contributed by atoms with van der Waals surface area (Å²) in [6, 6.07) is 6.34. The largest absolute Gasteiger partial charge is 0.544 e. The van der Waals surface area contributed by atoms with Gasteiger partial charge in [-0.15, -0.1) is 0 Å². The molecule has 0 aromatic heterocycles. The van der Waals surface area contributed by atoms with Gasteiger partial charge in [0.2, 0.25) is 0 Å². The zero-order chi connectivity index (χ0) is 10.6. The van der Waals surface area contributed by atoms with Crippen molar-refractivity contribution in [1.82, 2.24) is 0 Å². The number of nitrogens with one attached hydrogen (secondary N) is 1. The molecule has 1 N–H and O–H groups in total. The number of rotatable bonds is 4. The van der Waals surface area contributed by atoms with Gasteiger partial charge in [0.05, 0.1) is 13.0 Å². The number of carbonyl (C=O) groups is 1. The van der Waals surface area contributed by atoms with Crippen molar-refractivity contribution in [2.45, 2.75) is 6.54 Å². The number of carboxylic acids is 1. The molecule has 76 valence electrons. The molecule has 0 heterocycles. The Morgan fingerprint density at radius 2 is 2.14 bits per heavy atom. The molecule has 0 spiro atoms. The van der Waals surface area contributed by atoms with Gasteiger partial charge in [0.1, 0.15) is 18.9 Å². The Morgan fingerprint density at radius 1 is 1.50 bits per heavy atom. The van der Waals surface area contributed by atoms with E-state index in [2.05, 4.69) is 0 Å². The Morgan fingerprint density at radius 3 is 2.71 bits per heavy atom. The molecule has 0 saturated carbocycles. The first-order chi connectivity index (χ1) is 6.59. The molecule has 0 radical (unpaired) electrons. The van der Waals surface area contributed by atoms with Crippen molar-refractivity contribution in [3.05, 3.63) is 35.6 Å². The number of carbonyl (C=O) groups excluding carboxylic acids is 1. The van der Waals surface area contributed by atoms with Gasteiger partial charge in [-0.25, -0.2) is 4.39 Å². The summed E-state index contributed by atoms with van der Waals surface area (Å²) in [5.41, 5.74) is 0.520. The summed E-state index contributed by atoms with van der Waals surface area (Å²) in [6.07, 6.45) is 0. The van der Waals surface area contributed by atoms with Gasteiger partial charge < -0.3 is 14.8 Å². The standard InChI is InChI=1S/C10H12FNO2/c1-12(7-10(13)14)6-8-4-2-3-5-9(8)11/h2-5H,6-7H2,1H3,(H,13,14). The molecule has 1 unspecified atom stereocenters. The minimum atomic E-state index is -1.13. The Hall–Kier alpha value is -1.42. The molecular formula is C10H12FNO2. The van der Waals surface area contributed by atoms with Crippen LogP contribution in [0, 0.1) is 5.82 Å². The first kappa shape index (κ1) is 10.7. The fourth-order valence-corrected chi connectivity index (χ4v) is 1.28. The van der Waals surface area contributed by atoms with Crippen molar-refractivity contribution < 1.29 is 19.2 Å². The highest BCUT2D eigenvalue weighted by Gasteiger charge is 2.07. The molecule has 0 aliphatic heterocycles. The van der Waals surface area contributed by atoms with Crippen molar-refractivity contribution in [2.75, 3.05) is 13.6 Å². The molecule has 0 amide bonds. The average molecular weight is 197 g/mol. The summed E-state index contributed by atoms with van der Waals surface area (Å²) in [5, 5.41) is 10.3. The molecule has 0 bridgehead atoms. The maximum Gasteiger partial charge on any atom is 0.132 e. The molecule has 0 aliphatic rings. The van der Waals surface area contributed by atoms with E-state index < -0.39 is 5.97 Å². The monoisotopic (exact) mass is 197 g/mol. The molecule has 1 atom stereocenters. The van der Waals surface area contributed by atoms with Crippen molar-refractivity contribution in [3.8, 4) is 0 Å². The average Bonchev–Trinajstić information content (AvgIpc) is 2.07. The smallest absolute Gasteiger partial charge is 0.132 e. The first-order valence-corrected chi connectivity index (χ1v) is 4.34. The van der Waals surface area contributed by atoms with Crippen LogP contribution in [0.25, 0.3) is 0 Å². The molecule has 1 aromatic carbocycles. The Bertz CT molecular complexity index is 328. The number of hydrogen-bond acceptors (Lipinski definition) is 2. The SMILES string of the molecule is C[NH+](CC(=O)[O-])Cc1ccccc1F. The van der Waals surface area contributed by atoms with Crippen molar-refractivity contribution in [3.63, 3.8) is 0 Å². The van der Waals surface area contributed by atoms with E-state index >= 15 is 0 Å². The Labute approximate surface area is 81.8 Å². The van der Waals surface area contributed by atoms with E-state index in [1.165, 1.54) is 6.07 Å². The van der Waals surface area contributed by atoms with E-state index in [1.807, 2.05) is 0 Å². The second-order valence-corrected chi connectivity index (χ2v) is 3.27. The van der Waals surface area contributed by atoms with Gasteiger partial charge in [0.25, 0.3) is 0 Å². The topological polar surface area (TPSA) is 44.6 Å². The molecule has 1 aromatic rings. The number of carboxylic acid groups (broad SMARTS) is 1. The maximum absolute atomic E-state index is 13.1. The number of quaternary nitrogens is 1. The van der Waals surface area contributed by atoms with E-state index in [1.54, 1.807) is 25.2 Å². The highest BCUT2D eigenvalue weighted by Crippen LogP contribution is 2.03. The third-order valence-corrected chi connectivity index (χ3v) is 1.90. The lowest BCUT2D eigenvalue weighted by atomic mass is 10.2. The van der Waals surface area contributed by atoms with E-state index in [-0.39, 0.29) is 12.4 Å². The highest BCUT2D eigenvalue weighted by atomic mass is 19.1. The number of hydrogen-bond donors (Lipinski definition) is 1. The van der Waals surface area contributed by atoms with Crippen molar-refractivity contribution >= 4 is 5.97 Å². The zero-order valence-electron chi connectivity index (χ0n) is 7.92. The van der Waals surface area contributed by atoms with Gasteiger partial charge in [-0.1, -0.05) is 18.2 Å². The van der Waals surface area contributed by atoms with Gasteiger partial charge in [-0.3, -0.25) is 0 Å². The summed E-state index contributed by atoms with van der Waals surface area (Å²) in [7, 11) is 1.68. The van der Waals surface area contributed by atoms with Crippen molar-refractivity contribution in [2.24, 2.45) is 0 Å². The van der Waals surface area contributed by atoms with Crippen LogP contribution in [-0.2, 0) is 11.3 Å². The van der Waals surface area contributed by atoms with Crippen LogP contribution in [0.5, 0.6) is 0 Å². The van der Waals surface area contributed by atoms with Crippen LogP contribution in [0.15, 0.2) is 24.3 Å². The lowest BCUT2D eigenvalue weighted by Crippen LogP contribution is -3.09. The lowest BCUT2D eigenvalue weighted by Gasteiger charge is -2.14. The summed E-state index contributed by atoms with van der Waals surface area (Å²) in [4.78, 5) is 10.9. The first-order valence-electron chi connectivity index (χ1n) is 4.34. The van der Waals surface area contributed by atoms with Crippen LogP contribution in [-0.4, -0.2) is 19.6 Å². The van der Waals surface area contributed by atoms with Crippen LogP contribution in [0.2, 0.25) is 0 Å². The van der Waals surface area contributed by atoms with Crippen LogP contribution < -0.4 is 10.0 Å². The van der Waals surface area contributed by atoms with Gasteiger partial charge in [-0.2, -0.15) is 0 Å². The molecular weight excluding hydrogens is 185 g/mol. The molecule has 1 rings (SSSR count). The number of likely N-dealkylation sites (N-methyl/N-ethyl adjacent to an activating group) is 1. The normalized spacial score (nSPS) is 12.4. The number of halogens is 1. The second kappa shape index (κ2) is 4.72. The quantitative estimate of drug-likeness (QED) is 0.644. The maximum atomic E-state index is 13.1. The lowest BCUT2D eigenvalue weighted by molar-refractivity contribution is -0.888. The minimum absolute atomic E-state index is 0.117. The van der Waals surface area contributed by atoms with Gasteiger partial charge in [0.15, 0.2) is 0 Å². The predicted octanol–water partition coefficient (Wildman–Crippen LogP) is -1.41. The van der Waals surface area contributed by atoms with Gasteiger partial charge in [0, 0.05) is 5.56 Å². The zero-order valence-corrected chi connectivity index (χ0v) is 7.92. The molecule has 0 saturated heterocycles. The van der Waals surface area contributed by atoms with Crippen LogP contribution >= 0.6 is 0 Å².